The van der Waals surface area contributed by atoms with Gasteiger partial charge in [0, 0.05) is 28.3 Å². The number of rotatable bonds is 11. The van der Waals surface area contributed by atoms with Crippen molar-refractivity contribution in [1.82, 2.24) is 5.32 Å². The van der Waals surface area contributed by atoms with Gasteiger partial charge in [-0.05, 0) is 25.0 Å². The van der Waals surface area contributed by atoms with Gasteiger partial charge in [0.25, 0.3) is 17.3 Å². The van der Waals surface area contributed by atoms with Crippen molar-refractivity contribution < 1.29 is 14.6 Å². The number of hydrogen-bond donors (Lipinski definition) is 1. The first-order chi connectivity index (χ1) is 14.3. The van der Waals surface area contributed by atoms with Gasteiger partial charge in [-0.3, -0.25) is 25.0 Å². The highest BCUT2D eigenvalue weighted by molar-refractivity contribution is 8.00. The fraction of sp³-hybridized carbons (Fsp3) is 0.381. The molecule has 8 nitrogen and oxygen atoms in total. The number of nitrogens with zero attached hydrogens (tertiary/aromatic N) is 2. The molecule has 0 spiro atoms. The first-order valence-electron chi connectivity index (χ1n) is 9.82. The number of non-ortho nitro benzene ring substituents is 2. The van der Waals surface area contributed by atoms with Crippen LogP contribution in [-0.2, 0) is 0 Å². The summed E-state index contributed by atoms with van der Waals surface area (Å²) in [5.74, 6) is -0.546. The van der Waals surface area contributed by atoms with Crippen LogP contribution in [-0.4, -0.2) is 27.0 Å². The highest BCUT2D eigenvalue weighted by Gasteiger charge is 2.26. The van der Waals surface area contributed by atoms with E-state index in [1.54, 1.807) is 11.8 Å². The maximum absolute atomic E-state index is 12.9. The van der Waals surface area contributed by atoms with Crippen LogP contribution in [0.1, 0.15) is 49.9 Å². The zero-order valence-electron chi connectivity index (χ0n) is 16.9. The van der Waals surface area contributed by atoms with Crippen LogP contribution in [0.15, 0.2) is 53.4 Å². The number of nitro groups is 2. The van der Waals surface area contributed by atoms with E-state index in [4.69, 9.17) is 0 Å². The highest BCUT2D eigenvalue weighted by atomic mass is 32.2. The van der Waals surface area contributed by atoms with E-state index >= 15 is 0 Å². The molecule has 0 saturated carbocycles. The first kappa shape index (κ1) is 23.3. The highest BCUT2D eigenvalue weighted by Crippen LogP contribution is 2.30. The number of carbonyl (C=O) groups is 1. The van der Waals surface area contributed by atoms with Gasteiger partial charge in [-0.15, -0.1) is 11.8 Å². The van der Waals surface area contributed by atoms with E-state index in [9.17, 15) is 25.0 Å². The predicted octanol–water partition coefficient (Wildman–Crippen LogP) is 5.36. The third-order valence-electron chi connectivity index (χ3n) is 4.56. The average Bonchev–Trinajstić information content (AvgIpc) is 2.73. The Balaban J connectivity index is 2.28. The van der Waals surface area contributed by atoms with Gasteiger partial charge in [0.05, 0.1) is 21.5 Å². The Labute approximate surface area is 179 Å². The lowest BCUT2D eigenvalue weighted by molar-refractivity contribution is -0.394. The summed E-state index contributed by atoms with van der Waals surface area (Å²) in [6.45, 7) is 4.10. The summed E-state index contributed by atoms with van der Waals surface area (Å²) < 4.78 is 0. The molecule has 0 heterocycles. The van der Waals surface area contributed by atoms with E-state index in [2.05, 4.69) is 12.2 Å². The Bertz CT molecular complexity index is 859. The van der Waals surface area contributed by atoms with Crippen LogP contribution in [0.2, 0.25) is 0 Å². The fourth-order valence-corrected chi connectivity index (χ4v) is 4.54. The van der Waals surface area contributed by atoms with Crippen molar-refractivity contribution in [2.45, 2.75) is 55.7 Å². The Morgan fingerprint density at radius 2 is 1.53 bits per heavy atom. The zero-order chi connectivity index (χ0) is 22.1. The lowest BCUT2D eigenvalue weighted by Crippen LogP contribution is -2.42. The van der Waals surface area contributed by atoms with Gasteiger partial charge in [0.2, 0.25) is 0 Å². The smallest absolute Gasteiger partial charge is 0.277 e. The standard InChI is InChI=1S/C21H25N3O5S/c1-3-8-19(20(9-4-2)30-18-10-6-5-7-11-18)22-21(25)15-12-16(23(26)27)14-17(13-15)24(28)29/h5-7,10-14,19-20H,3-4,8-9H2,1-2H3,(H,22,25)/t19-,20-/m1/s1. The number of thioether (sulfide) groups is 1. The quantitative estimate of drug-likeness (QED) is 0.291. The molecule has 0 aromatic heterocycles. The lowest BCUT2D eigenvalue weighted by atomic mass is 10.0. The molecule has 0 aliphatic heterocycles. The van der Waals surface area contributed by atoms with Crippen LogP contribution in [0.5, 0.6) is 0 Å². The summed E-state index contributed by atoms with van der Waals surface area (Å²) in [4.78, 5) is 34.7. The molecule has 0 saturated heterocycles. The second kappa shape index (κ2) is 11.3. The molecule has 2 aromatic rings. The second-order valence-electron chi connectivity index (χ2n) is 6.88. The molecule has 1 amide bonds. The van der Waals surface area contributed by atoms with Crippen molar-refractivity contribution >= 4 is 29.0 Å². The minimum absolute atomic E-state index is 0.0861. The van der Waals surface area contributed by atoms with Crippen molar-refractivity contribution in [3.63, 3.8) is 0 Å². The molecule has 0 radical (unpaired) electrons. The van der Waals surface area contributed by atoms with E-state index < -0.39 is 27.1 Å². The van der Waals surface area contributed by atoms with Gasteiger partial charge in [-0.1, -0.05) is 44.9 Å². The lowest BCUT2D eigenvalue weighted by Gasteiger charge is -2.27. The maximum Gasteiger partial charge on any atom is 0.277 e. The molecule has 2 atom stereocenters. The van der Waals surface area contributed by atoms with Crippen LogP contribution in [0, 0.1) is 20.2 Å². The Morgan fingerprint density at radius 1 is 0.967 bits per heavy atom. The minimum Gasteiger partial charge on any atom is -0.348 e. The summed E-state index contributed by atoms with van der Waals surface area (Å²) in [5, 5.41) is 25.3. The number of carbonyl (C=O) groups excluding carboxylic acids is 1. The number of nitro benzene ring substituents is 2. The normalized spacial score (nSPS) is 12.7. The van der Waals surface area contributed by atoms with Gasteiger partial charge in [0.1, 0.15) is 0 Å². The topological polar surface area (TPSA) is 115 Å². The maximum atomic E-state index is 12.9. The molecule has 0 aliphatic carbocycles. The molecule has 0 fully saturated rings. The number of nitrogens with one attached hydrogen (secondary N) is 1. The second-order valence-corrected chi connectivity index (χ2v) is 8.19. The van der Waals surface area contributed by atoms with Crippen molar-refractivity contribution in [1.29, 1.82) is 0 Å². The van der Waals surface area contributed by atoms with Gasteiger partial charge in [-0.25, -0.2) is 0 Å². The van der Waals surface area contributed by atoms with Gasteiger partial charge >= 0.3 is 0 Å². The van der Waals surface area contributed by atoms with Crippen molar-refractivity contribution in [2.24, 2.45) is 0 Å². The Kier molecular flexibility index (Phi) is 8.79. The molecular formula is C21H25N3O5S. The summed E-state index contributed by atoms with van der Waals surface area (Å²) in [6.07, 6.45) is 3.38. The fourth-order valence-electron chi connectivity index (χ4n) is 3.15. The first-order valence-corrected chi connectivity index (χ1v) is 10.7. The Hall–Kier alpha value is -2.94. The van der Waals surface area contributed by atoms with E-state index in [1.807, 2.05) is 37.3 Å². The summed E-state index contributed by atoms with van der Waals surface area (Å²) in [5.41, 5.74) is -1.05. The summed E-state index contributed by atoms with van der Waals surface area (Å²) in [6, 6.07) is 12.7. The minimum atomic E-state index is -0.738. The van der Waals surface area contributed by atoms with Crippen molar-refractivity contribution in [3.8, 4) is 0 Å². The van der Waals surface area contributed by atoms with Gasteiger partial charge in [0.15, 0.2) is 0 Å². The predicted molar refractivity (Wildman–Crippen MR) is 117 cm³/mol. The molecule has 160 valence electrons. The van der Waals surface area contributed by atoms with E-state index in [-0.39, 0.29) is 16.9 Å². The summed E-state index contributed by atoms with van der Waals surface area (Å²) in [7, 11) is 0. The number of amides is 1. The van der Waals surface area contributed by atoms with Gasteiger partial charge < -0.3 is 5.32 Å². The monoisotopic (exact) mass is 431 g/mol. The third-order valence-corrected chi connectivity index (χ3v) is 5.97. The molecule has 0 unspecified atom stereocenters. The summed E-state index contributed by atoms with van der Waals surface area (Å²) >= 11 is 1.68. The average molecular weight is 432 g/mol. The van der Waals surface area contributed by atoms with Crippen molar-refractivity contribution in [3.05, 3.63) is 74.3 Å². The molecule has 0 aliphatic rings. The van der Waals surface area contributed by atoms with Gasteiger partial charge in [-0.2, -0.15) is 0 Å². The Morgan fingerprint density at radius 3 is 2.03 bits per heavy atom. The molecule has 2 aromatic carbocycles. The molecule has 2 rings (SSSR count). The molecule has 9 heteroatoms. The van der Waals surface area contributed by atoms with Crippen LogP contribution in [0.3, 0.4) is 0 Å². The van der Waals surface area contributed by atoms with Crippen LogP contribution in [0.4, 0.5) is 11.4 Å². The third kappa shape index (κ3) is 6.55. The number of hydrogen-bond acceptors (Lipinski definition) is 6. The van der Waals surface area contributed by atoms with E-state index in [1.165, 1.54) is 0 Å². The number of benzene rings is 2. The van der Waals surface area contributed by atoms with Crippen LogP contribution in [0.25, 0.3) is 0 Å². The SMILES string of the molecule is CCC[C@@H](NC(=O)c1cc([N+](=O)[O-])cc([N+](=O)[O-])c1)[C@@H](CCC)Sc1ccccc1. The van der Waals surface area contributed by atoms with E-state index in [0.717, 1.165) is 48.8 Å². The zero-order valence-corrected chi connectivity index (χ0v) is 17.8. The van der Waals surface area contributed by atoms with Crippen molar-refractivity contribution in [2.75, 3.05) is 0 Å². The molecular weight excluding hydrogens is 406 g/mol. The van der Waals surface area contributed by atoms with E-state index in [0.29, 0.717) is 0 Å². The van der Waals surface area contributed by atoms with Crippen LogP contribution >= 0.6 is 11.8 Å². The molecule has 1 N–H and O–H groups in total. The van der Waals surface area contributed by atoms with Crippen LogP contribution < -0.4 is 5.32 Å². The largest absolute Gasteiger partial charge is 0.348 e. The molecule has 30 heavy (non-hydrogen) atoms. The molecule has 0 bridgehead atoms.